The number of hydrogen-bond donors (Lipinski definition) is 0. The van der Waals surface area contributed by atoms with Gasteiger partial charge in [-0.25, -0.2) is 19.2 Å². The lowest BCUT2D eigenvalue weighted by molar-refractivity contribution is -0.140. The Balaban J connectivity index is 1.35. The van der Waals surface area contributed by atoms with Gasteiger partial charge in [0.05, 0.1) is 30.9 Å². The summed E-state index contributed by atoms with van der Waals surface area (Å²) >= 11 is 0. The summed E-state index contributed by atoms with van der Waals surface area (Å²) < 4.78 is 21.4. The molecule has 0 N–H and O–H groups in total. The van der Waals surface area contributed by atoms with Crippen molar-refractivity contribution in [2.24, 2.45) is 17.8 Å². The van der Waals surface area contributed by atoms with Crippen molar-refractivity contribution in [3.63, 3.8) is 0 Å². The van der Waals surface area contributed by atoms with E-state index in [1.807, 2.05) is 0 Å². The van der Waals surface area contributed by atoms with Gasteiger partial charge in [0.2, 0.25) is 0 Å². The van der Waals surface area contributed by atoms with Gasteiger partial charge in [0.15, 0.2) is 0 Å². The smallest absolute Gasteiger partial charge is 0.338 e. The third-order valence-corrected chi connectivity index (χ3v) is 7.10. The number of esters is 4. The Morgan fingerprint density at radius 2 is 1.00 bits per heavy atom. The molecule has 0 atom stereocenters. The predicted octanol–water partition coefficient (Wildman–Crippen LogP) is 4.82. The molecule has 2 aliphatic carbocycles. The van der Waals surface area contributed by atoms with Crippen LogP contribution in [0.15, 0.2) is 49.6 Å². The topological polar surface area (TPSA) is 105 Å². The van der Waals surface area contributed by atoms with E-state index in [1.165, 1.54) is 6.08 Å². The fourth-order valence-electron chi connectivity index (χ4n) is 4.74. The van der Waals surface area contributed by atoms with E-state index >= 15 is 0 Å². The first-order valence-corrected chi connectivity index (χ1v) is 12.9. The molecule has 0 saturated heterocycles. The average molecular weight is 513 g/mol. The highest BCUT2D eigenvalue weighted by molar-refractivity contribution is 5.93. The van der Waals surface area contributed by atoms with Crippen molar-refractivity contribution in [2.75, 3.05) is 19.8 Å². The third kappa shape index (κ3) is 9.19. The second-order valence-corrected chi connectivity index (χ2v) is 9.78. The van der Waals surface area contributed by atoms with Crippen molar-refractivity contribution in [3.05, 3.63) is 60.7 Å². The Kier molecular flexibility index (Phi) is 10.9. The summed E-state index contributed by atoms with van der Waals surface area (Å²) in [6.45, 7) is 7.88. The highest BCUT2D eigenvalue weighted by atomic mass is 16.5. The lowest BCUT2D eigenvalue weighted by atomic mass is 9.83. The van der Waals surface area contributed by atoms with Crippen molar-refractivity contribution in [1.29, 1.82) is 0 Å². The molecule has 2 saturated carbocycles. The van der Waals surface area contributed by atoms with E-state index in [2.05, 4.69) is 13.2 Å². The number of hydrogen-bond acceptors (Lipinski definition) is 8. The van der Waals surface area contributed by atoms with E-state index in [9.17, 15) is 19.2 Å². The lowest BCUT2D eigenvalue weighted by Crippen LogP contribution is -2.27. The summed E-state index contributed by atoms with van der Waals surface area (Å²) in [6.07, 6.45) is 8.89. The standard InChI is InChI=1S/C29H36O8/c1-3-26(30)34-17-20-5-7-21(8-6-20)19-36-28(32)23-11-13-24(14-12-23)29(33)37-25-15-9-22(10-16-25)18-35-27(31)4-2/h3-4,11-14,20-22,25H,1-2,5-10,15-19H2. The maximum absolute atomic E-state index is 12.5. The summed E-state index contributed by atoms with van der Waals surface area (Å²) in [5.74, 6) is -0.776. The van der Waals surface area contributed by atoms with E-state index in [1.54, 1.807) is 24.3 Å². The Labute approximate surface area is 218 Å². The molecule has 3 rings (SSSR count). The normalized spacial score (nSPS) is 23.2. The van der Waals surface area contributed by atoms with Crippen LogP contribution in [-0.4, -0.2) is 49.8 Å². The highest BCUT2D eigenvalue weighted by Crippen LogP contribution is 2.30. The quantitative estimate of drug-likeness (QED) is 0.236. The van der Waals surface area contributed by atoms with Crippen LogP contribution in [0.5, 0.6) is 0 Å². The second-order valence-electron chi connectivity index (χ2n) is 9.78. The fourth-order valence-corrected chi connectivity index (χ4v) is 4.74. The van der Waals surface area contributed by atoms with Gasteiger partial charge in [0.1, 0.15) is 6.10 Å². The minimum absolute atomic E-state index is 0.173. The molecule has 37 heavy (non-hydrogen) atoms. The Bertz CT molecular complexity index is 951. The zero-order valence-electron chi connectivity index (χ0n) is 21.2. The van der Waals surface area contributed by atoms with Crippen molar-refractivity contribution < 1.29 is 38.1 Å². The molecule has 1 aromatic carbocycles. The van der Waals surface area contributed by atoms with Crippen LogP contribution in [-0.2, 0) is 28.5 Å². The molecule has 8 nitrogen and oxygen atoms in total. The molecule has 0 aromatic heterocycles. The van der Waals surface area contributed by atoms with Crippen LogP contribution in [0.25, 0.3) is 0 Å². The highest BCUT2D eigenvalue weighted by Gasteiger charge is 2.26. The molecular formula is C29H36O8. The number of carbonyl (C=O) groups excluding carboxylic acids is 4. The van der Waals surface area contributed by atoms with Gasteiger partial charge in [-0.05, 0) is 93.4 Å². The molecular weight excluding hydrogens is 476 g/mol. The Hall–Kier alpha value is -3.42. The largest absolute Gasteiger partial charge is 0.462 e. The first-order valence-electron chi connectivity index (χ1n) is 12.9. The maximum atomic E-state index is 12.5. The number of rotatable bonds is 11. The van der Waals surface area contributed by atoms with E-state index in [4.69, 9.17) is 18.9 Å². The van der Waals surface area contributed by atoms with Gasteiger partial charge in [-0.15, -0.1) is 0 Å². The van der Waals surface area contributed by atoms with Crippen LogP contribution in [0.2, 0.25) is 0 Å². The monoisotopic (exact) mass is 512 g/mol. The van der Waals surface area contributed by atoms with Crippen LogP contribution >= 0.6 is 0 Å². The van der Waals surface area contributed by atoms with Crippen molar-refractivity contribution in [2.45, 2.75) is 57.5 Å². The third-order valence-electron chi connectivity index (χ3n) is 7.10. The summed E-state index contributed by atoms with van der Waals surface area (Å²) in [5, 5.41) is 0. The molecule has 0 spiro atoms. The first kappa shape index (κ1) is 28.2. The average Bonchev–Trinajstić information content (AvgIpc) is 2.94. The molecule has 200 valence electrons. The fraction of sp³-hybridized carbons (Fsp3) is 0.517. The summed E-state index contributed by atoms with van der Waals surface area (Å²) in [5.41, 5.74) is 0.769. The molecule has 0 unspecified atom stereocenters. The van der Waals surface area contributed by atoms with Crippen molar-refractivity contribution in [1.82, 2.24) is 0 Å². The van der Waals surface area contributed by atoms with Gasteiger partial charge < -0.3 is 18.9 Å². The molecule has 2 fully saturated rings. The lowest BCUT2D eigenvalue weighted by Gasteiger charge is -2.28. The van der Waals surface area contributed by atoms with Gasteiger partial charge in [-0.3, -0.25) is 0 Å². The molecule has 8 heteroatoms. The van der Waals surface area contributed by atoms with Crippen LogP contribution < -0.4 is 0 Å². The van der Waals surface area contributed by atoms with Crippen molar-refractivity contribution in [3.8, 4) is 0 Å². The molecule has 0 aliphatic heterocycles. The SMILES string of the molecule is C=CC(=O)OCC1CCC(COC(=O)c2ccc(C(=O)OC3CCC(COC(=O)C=C)CC3)cc2)CC1. The van der Waals surface area contributed by atoms with Gasteiger partial charge in [-0.2, -0.15) is 0 Å². The minimum Gasteiger partial charge on any atom is -0.462 e. The molecule has 1 aromatic rings. The maximum Gasteiger partial charge on any atom is 0.338 e. The Morgan fingerprint density at radius 3 is 1.43 bits per heavy atom. The Morgan fingerprint density at radius 1 is 0.622 bits per heavy atom. The van der Waals surface area contributed by atoms with E-state index in [0.717, 1.165) is 44.6 Å². The predicted molar refractivity (Wildman–Crippen MR) is 136 cm³/mol. The van der Waals surface area contributed by atoms with Crippen LogP contribution in [0.1, 0.15) is 72.1 Å². The van der Waals surface area contributed by atoms with E-state index in [-0.39, 0.29) is 17.9 Å². The van der Waals surface area contributed by atoms with Crippen LogP contribution in [0, 0.1) is 17.8 Å². The van der Waals surface area contributed by atoms with Crippen molar-refractivity contribution >= 4 is 23.9 Å². The molecule has 2 aliphatic rings. The zero-order valence-corrected chi connectivity index (χ0v) is 21.2. The van der Waals surface area contributed by atoms with Gasteiger partial charge in [0.25, 0.3) is 0 Å². The van der Waals surface area contributed by atoms with Crippen LogP contribution in [0.4, 0.5) is 0 Å². The van der Waals surface area contributed by atoms with Crippen LogP contribution in [0.3, 0.4) is 0 Å². The van der Waals surface area contributed by atoms with E-state index in [0.29, 0.717) is 49.7 Å². The van der Waals surface area contributed by atoms with Gasteiger partial charge in [-0.1, -0.05) is 13.2 Å². The number of benzene rings is 1. The summed E-state index contributed by atoms with van der Waals surface area (Å²) in [4.78, 5) is 47.4. The zero-order chi connectivity index (χ0) is 26.6. The minimum atomic E-state index is -0.422. The molecule has 0 bridgehead atoms. The van der Waals surface area contributed by atoms with Gasteiger partial charge in [0, 0.05) is 12.2 Å². The van der Waals surface area contributed by atoms with E-state index < -0.39 is 23.9 Å². The number of ether oxygens (including phenoxy) is 4. The second kappa shape index (κ2) is 14.4. The summed E-state index contributed by atoms with van der Waals surface area (Å²) in [7, 11) is 0. The molecule has 0 radical (unpaired) electrons. The first-order chi connectivity index (χ1) is 17.9. The van der Waals surface area contributed by atoms with Gasteiger partial charge >= 0.3 is 23.9 Å². The summed E-state index contributed by atoms with van der Waals surface area (Å²) in [6, 6.07) is 6.31. The number of carbonyl (C=O) groups is 4. The molecule has 0 amide bonds. The molecule has 0 heterocycles.